The summed E-state index contributed by atoms with van der Waals surface area (Å²) in [6.45, 7) is 1.34. The van der Waals surface area contributed by atoms with Crippen LogP contribution in [-0.4, -0.2) is 65.2 Å². The number of fused-ring (bicyclic) bond motifs is 1. The SMILES string of the molecule is CCOC(=O)c1c(NC(=O)CN(C)S(C)(=O)=O)sc2c1CCS(=O)(=O)C2. The molecule has 2 heterocycles. The molecule has 1 aliphatic rings. The van der Waals surface area contributed by atoms with Crippen LogP contribution in [0.4, 0.5) is 5.00 Å². The third-order valence-corrected chi connectivity index (χ3v) is 7.92. The molecule has 0 aromatic carbocycles. The van der Waals surface area contributed by atoms with E-state index in [1.165, 1.54) is 7.05 Å². The van der Waals surface area contributed by atoms with Gasteiger partial charge in [0.05, 0.1) is 36.5 Å². The zero-order chi connectivity index (χ0) is 19.7. The highest BCUT2D eigenvalue weighted by molar-refractivity contribution is 7.90. The first-order chi connectivity index (χ1) is 11.9. The van der Waals surface area contributed by atoms with Crippen molar-refractivity contribution >= 4 is 48.1 Å². The summed E-state index contributed by atoms with van der Waals surface area (Å²) in [5.74, 6) is -1.55. The second kappa shape index (κ2) is 7.62. The highest BCUT2D eigenvalue weighted by Crippen LogP contribution is 2.38. The third kappa shape index (κ3) is 4.81. The third-order valence-electron chi connectivity index (χ3n) is 3.77. The molecule has 0 radical (unpaired) electrons. The molecule has 0 fully saturated rings. The lowest BCUT2D eigenvalue weighted by atomic mass is 10.1. The molecule has 146 valence electrons. The van der Waals surface area contributed by atoms with Crippen LogP contribution in [0.2, 0.25) is 0 Å². The van der Waals surface area contributed by atoms with Crippen LogP contribution in [0.1, 0.15) is 27.7 Å². The number of thiophene rings is 1. The lowest BCUT2D eigenvalue weighted by Crippen LogP contribution is -2.34. The van der Waals surface area contributed by atoms with Crippen LogP contribution < -0.4 is 5.32 Å². The van der Waals surface area contributed by atoms with Gasteiger partial charge in [-0.1, -0.05) is 0 Å². The lowest BCUT2D eigenvalue weighted by molar-refractivity contribution is -0.116. The van der Waals surface area contributed by atoms with Crippen LogP contribution >= 0.6 is 11.3 Å². The molecule has 0 atom stereocenters. The van der Waals surface area contributed by atoms with Gasteiger partial charge in [-0.15, -0.1) is 11.3 Å². The van der Waals surface area contributed by atoms with Gasteiger partial charge >= 0.3 is 5.97 Å². The molecule has 1 aromatic heterocycles. The first kappa shape index (κ1) is 20.8. The maximum Gasteiger partial charge on any atom is 0.341 e. The van der Waals surface area contributed by atoms with Crippen LogP contribution in [0.15, 0.2) is 0 Å². The molecule has 1 aromatic rings. The summed E-state index contributed by atoms with van der Waals surface area (Å²) in [6.07, 6.45) is 1.14. The average molecular weight is 425 g/mol. The molecule has 1 N–H and O–H groups in total. The van der Waals surface area contributed by atoms with Crippen molar-refractivity contribution in [3.63, 3.8) is 0 Å². The number of nitrogens with zero attached hydrogens (tertiary/aromatic N) is 1. The van der Waals surface area contributed by atoms with Gasteiger partial charge in [0.1, 0.15) is 5.00 Å². The van der Waals surface area contributed by atoms with Crippen molar-refractivity contribution in [2.75, 3.05) is 37.5 Å². The van der Waals surface area contributed by atoms with E-state index in [1.54, 1.807) is 6.92 Å². The smallest absolute Gasteiger partial charge is 0.341 e. The van der Waals surface area contributed by atoms with Gasteiger partial charge in [0, 0.05) is 11.9 Å². The number of hydrogen-bond acceptors (Lipinski definition) is 8. The van der Waals surface area contributed by atoms with E-state index in [0.717, 1.165) is 21.9 Å². The van der Waals surface area contributed by atoms with Crippen LogP contribution in [0, 0.1) is 0 Å². The molecular weight excluding hydrogens is 404 g/mol. The Labute approximate surface area is 156 Å². The number of nitrogens with one attached hydrogen (secondary N) is 1. The molecule has 2 rings (SSSR count). The quantitative estimate of drug-likeness (QED) is 0.647. The number of anilines is 1. The van der Waals surface area contributed by atoms with Crippen molar-refractivity contribution in [3.8, 4) is 0 Å². The van der Waals surface area contributed by atoms with Gasteiger partial charge in [0.25, 0.3) is 0 Å². The summed E-state index contributed by atoms with van der Waals surface area (Å²) in [5, 5.41) is 2.69. The van der Waals surface area contributed by atoms with E-state index in [1.807, 2.05) is 0 Å². The fourth-order valence-corrected chi connectivity index (χ4v) is 5.82. The lowest BCUT2D eigenvalue weighted by Gasteiger charge is -2.14. The van der Waals surface area contributed by atoms with Gasteiger partial charge in [0.2, 0.25) is 15.9 Å². The van der Waals surface area contributed by atoms with Crippen molar-refractivity contribution < 1.29 is 31.2 Å². The Kier molecular flexibility index (Phi) is 6.10. The minimum Gasteiger partial charge on any atom is -0.462 e. The molecular formula is C14H20N2O7S3. The number of sulfone groups is 1. The zero-order valence-corrected chi connectivity index (χ0v) is 17.0. The van der Waals surface area contributed by atoms with Crippen molar-refractivity contribution in [1.82, 2.24) is 4.31 Å². The Bertz CT molecular complexity index is 932. The zero-order valence-electron chi connectivity index (χ0n) is 14.6. The fraction of sp³-hybridized carbons (Fsp3) is 0.571. The molecule has 1 aliphatic heterocycles. The Balaban J connectivity index is 2.34. The Hall–Kier alpha value is -1.50. The van der Waals surface area contributed by atoms with Crippen molar-refractivity contribution in [1.29, 1.82) is 0 Å². The normalized spacial score (nSPS) is 16.2. The number of ether oxygens (including phenoxy) is 1. The summed E-state index contributed by atoms with van der Waals surface area (Å²) in [4.78, 5) is 25.0. The molecule has 1 amide bonds. The Morgan fingerprint density at radius 1 is 1.35 bits per heavy atom. The summed E-state index contributed by atoms with van der Waals surface area (Å²) < 4.78 is 52.4. The second-order valence-corrected chi connectivity index (χ2v) is 11.2. The van der Waals surface area contributed by atoms with Crippen molar-refractivity contribution in [2.24, 2.45) is 0 Å². The molecule has 12 heteroatoms. The molecule has 0 aliphatic carbocycles. The first-order valence-corrected chi connectivity index (χ1v) is 12.2. The van der Waals surface area contributed by atoms with E-state index in [4.69, 9.17) is 4.74 Å². The molecule has 26 heavy (non-hydrogen) atoms. The van der Waals surface area contributed by atoms with E-state index >= 15 is 0 Å². The number of carbonyl (C=O) groups is 2. The largest absolute Gasteiger partial charge is 0.462 e. The van der Waals surface area contributed by atoms with Gasteiger partial charge in [-0.05, 0) is 18.9 Å². The number of rotatable bonds is 6. The summed E-state index contributed by atoms with van der Waals surface area (Å²) in [7, 11) is -5.53. The number of likely N-dealkylation sites (N-methyl/N-ethyl adjacent to an activating group) is 1. The Morgan fingerprint density at radius 2 is 2.00 bits per heavy atom. The van der Waals surface area contributed by atoms with E-state index in [-0.39, 0.29) is 35.1 Å². The molecule has 0 unspecified atom stereocenters. The second-order valence-electron chi connectivity index (χ2n) is 5.84. The predicted molar refractivity (Wildman–Crippen MR) is 97.6 cm³/mol. The van der Waals surface area contributed by atoms with Gasteiger partial charge in [-0.3, -0.25) is 4.79 Å². The van der Waals surface area contributed by atoms with E-state index < -0.39 is 38.3 Å². The van der Waals surface area contributed by atoms with Gasteiger partial charge in [-0.25, -0.2) is 21.6 Å². The monoisotopic (exact) mass is 424 g/mol. The first-order valence-electron chi connectivity index (χ1n) is 7.68. The molecule has 0 saturated heterocycles. The van der Waals surface area contributed by atoms with E-state index in [9.17, 15) is 26.4 Å². The predicted octanol–water partition coefficient (Wildman–Crippen LogP) is 0.226. The van der Waals surface area contributed by atoms with Crippen molar-refractivity contribution in [2.45, 2.75) is 19.1 Å². The molecule has 0 bridgehead atoms. The molecule has 0 spiro atoms. The highest BCUT2D eigenvalue weighted by atomic mass is 32.2. The summed E-state index contributed by atoms with van der Waals surface area (Å²) >= 11 is 1.00. The molecule has 0 saturated carbocycles. The van der Waals surface area contributed by atoms with Crippen molar-refractivity contribution in [3.05, 3.63) is 16.0 Å². The van der Waals surface area contributed by atoms with Gasteiger partial charge in [0.15, 0.2) is 9.84 Å². The van der Waals surface area contributed by atoms with Crippen LogP contribution in [0.3, 0.4) is 0 Å². The summed E-state index contributed by atoms with van der Waals surface area (Å²) in [5.41, 5.74) is 0.715. The minimum atomic E-state index is -3.54. The van der Waals surface area contributed by atoms with E-state index in [0.29, 0.717) is 10.4 Å². The maximum atomic E-state index is 12.3. The van der Waals surface area contributed by atoms with E-state index in [2.05, 4.69) is 5.32 Å². The standard InChI is InChI=1S/C14H20N2O7S3/c1-4-23-14(18)12-9-5-6-26(21,22)8-10(9)24-13(12)15-11(17)7-16(2)25(3,19)20/h4-8H2,1-3H3,(H,15,17). The number of hydrogen-bond donors (Lipinski definition) is 1. The average Bonchev–Trinajstić information content (AvgIpc) is 2.81. The Morgan fingerprint density at radius 3 is 2.58 bits per heavy atom. The van der Waals surface area contributed by atoms with Crippen LogP contribution in [-0.2, 0) is 41.6 Å². The number of esters is 1. The molecule has 9 nitrogen and oxygen atoms in total. The topological polar surface area (TPSA) is 127 Å². The number of carbonyl (C=O) groups excluding carboxylic acids is 2. The number of sulfonamides is 1. The van der Waals surface area contributed by atoms with Gasteiger partial charge < -0.3 is 10.1 Å². The van der Waals surface area contributed by atoms with Crippen LogP contribution in [0.25, 0.3) is 0 Å². The minimum absolute atomic E-state index is 0.0761. The summed E-state index contributed by atoms with van der Waals surface area (Å²) in [6, 6.07) is 0. The number of amides is 1. The van der Waals surface area contributed by atoms with Crippen LogP contribution in [0.5, 0.6) is 0 Å². The fourth-order valence-electron chi connectivity index (χ4n) is 2.42. The highest BCUT2D eigenvalue weighted by Gasteiger charge is 2.32. The van der Waals surface area contributed by atoms with Gasteiger partial charge in [-0.2, -0.15) is 4.31 Å². The maximum absolute atomic E-state index is 12.3.